The van der Waals surface area contributed by atoms with Crippen molar-refractivity contribution in [1.82, 2.24) is 9.97 Å². The van der Waals surface area contributed by atoms with Crippen molar-refractivity contribution < 1.29 is 4.39 Å². The first kappa shape index (κ1) is 9.09. The largest absolute Gasteiger partial charge is 0.217 e. The summed E-state index contributed by atoms with van der Waals surface area (Å²) >= 11 is 5.61. The zero-order valence-electron chi connectivity index (χ0n) is 7.11. The molecule has 0 N–H and O–H groups in total. The molecule has 1 aromatic carbocycles. The third-order valence-corrected chi connectivity index (χ3v) is 1.89. The fourth-order valence-electron chi connectivity index (χ4n) is 1.11. The Bertz CT molecular complexity index is 425. The Kier molecular flexibility index (Phi) is 2.41. The Balaban J connectivity index is 2.52. The number of aromatic nitrogens is 2. The van der Waals surface area contributed by atoms with Gasteiger partial charge < -0.3 is 0 Å². The predicted molar refractivity (Wildman–Crippen MR) is 52.4 cm³/mol. The lowest BCUT2D eigenvalue weighted by Crippen LogP contribution is -1.92. The van der Waals surface area contributed by atoms with Crippen molar-refractivity contribution in [3.8, 4) is 11.4 Å². The third kappa shape index (κ3) is 1.88. The van der Waals surface area contributed by atoms with Crippen molar-refractivity contribution in [1.29, 1.82) is 0 Å². The lowest BCUT2D eigenvalue weighted by Gasteiger charge is -1.99. The Morgan fingerprint density at radius 2 is 1.79 bits per heavy atom. The van der Waals surface area contributed by atoms with Gasteiger partial charge in [0.2, 0.25) is 5.95 Å². The molecule has 2 nitrogen and oxygen atoms in total. The molecule has 0 saturated heterocycles. The highest BCUT2D eigenvalue weighted by Gasteiger charge is 2.04. The molecule has 0 aliphatic heterocycles. The van der Waals surface area contributed by atoms with Gasteiger partial charge in [-0.25, -0.2) is 4.98 Å². The van der Waals surface area contributed by atoms with Crippen molar-refractivity contribution >= 4 is 11.6 Å². The summed E-state index contributed by atoms with van der Waals surface area (Å²) < 4.78 is 12.9. The summed E-state index contributed by atoms with van der Waals surface area (Å²) in [6.07, 6.45) is 0. The van der Waals surface area contributed by atoms with E-state index >= 15 is 0 Å². The summed E-state index contributed by atoms with van der Waals surface area (Å²) in [6, 6.07) is 10.2. The van der Waals surface area contributed by atoms with Crippen LogP contribution in [0.15, 0.2) is 36.4 Å². The van der Waals surface area contributed by atoms with Crippen LogP contribution in [0.2, 0.25) is 5.15 Å². The molecule has 1 heterocycles. The second kappa shape index (κ2) is 3.72. The molecule has 0 unspecified atom stereocenters. The van der Waals surface area contributed by atoms with E-state index in [1.807, 2.05) is 18.2 Å². The molecular formula is C10H6ClFN2. The molecule has 0 aliphatic carbocycles. The van der Waals surface area contributed by atoms with E-state index in [-0.39, 0.29) is 5.15 Å². The van der Waals surface area contributed by atoms with Crippen LogP contribution in [0.4, 0.5) is 4.39 Å². The number of nitrogens with zero attached hydrogens (tertiary/aromatic N) is 2. The maximum atomic E-state index is 12.9. The summed E-state index contributed by atoms with van der Waals surface area (Å²) in [7, 11) is 0. The van der Waals surface area contributed by atoms with E-state index in [1.165, 1.54) is 0 Å². The van der Waals surface area contributed by atoms with Crippen LogP contribution in [0.5, 0.6) is 0 Å². The molecule has 0 spiro atoms. The van der Waals surface area contributed by atoms with Crippen LogP contribution >= 0.6 is 11.6 Å². The lowest BCUT2D eigenvalue weighted by atomic mass is 10.2. The molecule has 0 fully saturated rings. The van der Waals surface area contributed by atoms with E-state index in [0.29, 0.717) is 5.82 Å². The minimum Gasteiger partial charge on any atom is -0.216 e. The van der Waals surface area contributed by atoms with E-state index in [9.17, 15) is 4.39 Å². The van der Waals surface area contributed by atoms with Crippen LogP contribution in [0, 0.1) is 5.95 Å². The molecule has 0 aliphatic rings. The van der Waals surface area contributed by atoms with Crippen molar-refractivity contribution in [3.63, 3.8) is 0 Å². The highest BCUT2D eigenvalue weighted by atomic mass is 35.5. The maximum absolute atomic E-state index is 12.9. The van der Waals surface area contributed by atoms with Crippen LogP contribution in [0.3, 0.4) is 0 Å². The van der Waals surface area contributed by atoms with Gasteiger partial charge >= 0.3 is 0 Å². The van der Waals surface area contributed by atoms with E-state index < -0.39 is 5.95 Å². The van der Waals surface area contributed by atoms with Crippen molar-refractivity contribution in [2.24, 2.45) is 0 Å². The van der Waals surface area contributed by atoms with E-state index in [1.54, 1.807) is 12.1 Å². The Labute approximate surface area is 85.4 Å². The number of halogens is 2. The topological polar surface area (TPSA) is 25.8 Å². The van der Waals surface area contributed by atoms with E-state index in [0.717, 1.165) is 11.6 Å². The number of rotatable bonds is 1. The van der Waals surface area contributed by atoms with Gasteiger partial charge in [0.1, 0.15) is 5.15 Å². The number of hydrogen-bond donors (Lipinski definition) is 0. The zero-order valence-corrected chi connectivity index (χ0v) is 7.87. The van der Waals surface area contributed by atoms with Gasteiger partial charge in [0, 0.05) is 11.6 Å². The van der Waals surface area contributed by atoms with Gasteiger partial charge in [0.25, 0.3) is 0 Å². The molecule has 0 saturated carbocycles. The van der Waals surface area contributed by atoms with Crippen LogP contribution in [0.1, 0.15) is 0 Å². The van der Waals surface area contributed by atoms with Crippen molar-refractivity contribution in [3.05, 3.63) is 47.5 Å². The summed E-state index contributed by atoms with van der Waals surface area (Å²) in [5.74, 6) is -0.320. The van der Waals surface area contributed by atoms with Crippen LogP contribution in [-0.2, 0) is 0 Å². The minimum atomic E-state index is -0.621. The molecule has 1 aromatic heterocycles. The Hall–Kier alpha value is -1.48. The van der Waals surface area contributed by atoms with Gasteiger partial charge in [-0.05, 0) is 0 Å². The van der Waals surface area contributed by atoms with Crippen molar-refractivity contribution in [2.45, 2.75) is 0 Å². The molecule has 0 atom stereocenters. The molecule has 0 bridgehead atoms. The third-order valence-electron chi connectivity index (χ3n) is 1.70. The lowest BCUT2D eigenvalue weighted by molar-refractivity contribution is 0.581. The first-order valence-electron chi connectivity index (χ1n) is 4.01. The summed E-state index contributed by atoms with van der Waals surface area (Å²) in [4.78, 5) is 7.56. The van der Waals surface area contributed by atoms with Gasteiger partial charge in [0.15, 0.2) is 5.82 Å². The Morgan fingerprint density at radius 1 is 1.07 bits per heavy atom. The first-order valence-corrected chi connectivity index (χ1v) is 4.39. The van der Waals surface area contributed by atoms with Crippen molar-refractivity contribution in [2.75, 3.05) is 0 Å². The second-order valence-electron chi connectivity index (χ2n) is 2.70. The normalized spacial score (nSPS) is 10.1. The van der Waals surface area contributed by atoms with Gasteiger partial charge in [0.05, 0.1) is 0 Å². The SMILES string of the molecule is Fc1cc(Cl)nc(-c2ccccc2)n1. The van der Waals surface area contributed by atoms with Crippen LogP contribution < -0.4 is 0 Å². The molecule has 14 heavy (non-hydrogen) atoms. The Morgan fingerprint density at radius 3 is 2.43 bits per heavy atom. The fourth-order valence-corrected chi connectivity index (χ4v) is 1.28. The zero-order chi connectivity index (χ0) is 9.97. The van der Waals surface area contributed by atoms with Crippen LogP contribution in [-0.4, -0.2) is 9.97 Å². The van der Waals surface area contributed by atoms with Gasteiger partial charge in [-0.1, -0.05) is 41.9 Å². The first-order chi connectivity index (χ1) is 6.75. The fraction of sp³-hybridized carbons (Fsp3) is 0. The molecule has 0 amide bonds. The monoisotopic (exact) mass is 208 g/mol. The highest BCUT2D eigenvalue weighted by Crippen LogP contribution is 2.16. The maximum Gasteiger partial charge on any atom is 0.217 e. The standard InChI is InChI=1S/C10H6ClFN2/c11-8-6-9(12)14-10(13-8)7-4-2-1-3-5-7/h1-6H. The molecule has 70 valence electrons. The minimum absolute atomic E-state index is 0.108. The molecular weight excluding hydrogens is 203 g/mol. The number of hydrogen-bond acceptors (Lipinski definition) is 2. The quantitative estimate of drug-likeness (QED) is 0.674. The highest BCUT2D eigenvalue weighted by molar-refractivity contribution is 6.29. The smallest absolute Gasteiger partial charge is 0.216 e. The molecule has 2 rings (SSSR count). The summed E-state index contributed by atoms with van der Waals surface area (Å²) in [5, 5.41) is 0.108. The average Bonchev–Trinajstić information content (AvgIpc) is 2.18. The van der Waals surface area contributed by atoms with Gasteiger partial charge in [-0.2, -0.15) is 9.37 Å². The van der Waals surface area contributed by atoms with Crippen LogP contribution in [0.25, 0.3) is 11.4 Å². The summed E-state index contributed by atoms with van der Waals surface area (Å²) in [6.45, 7) is 0. The summed E-state index contributed by atoms with van der Waals surface area (Å²) in [5.41, 5.74) is 0.744. The second-order valence-corrected chi connectivity index (χ2v) is 3.09. The van der Waals surface area contributed by atoms with Gasteiger partial charge in [-0.3, -0.25) is 0 Å². The molecule has 4 heteroatoms. The molecule has 0 radical (unpaired) electrons. The molecule has 2 aromatic rings. The van der Waals surface area contributed by atoms with E-state index in [2.05, 4.69) is 9.97 Å². The average molecular weight is 209 g/mol. The van der Waals surface area contributed by atoms with Gasteiger partial charge in [-0.15, -0.1) is 0 Å². The predicted octanol–water partition coefficient (Wildman–Crippen LogP) is 2.94. The number of benzene rings is 1. The van der Waals surface area contributed by atoms with E-state index in [4.69, 9.17) is 11.6 Å².